The molecule has 1 atom stereocenters. The van der Waals surface area contributed by atoms with Gasteiger partial charge in [-0.05, 0) is 43.3 Å². The fourth-order valence-corrected chi connectivity index (χ4v) is 1.90. The normalized spacial score (nSPS) is 12.1. The smallest absolute Gasteiger partial charge is 0.416 e. The minimum Gasteiger partial charge on any atom is -0.481 e. The van der Waals surface area contributed by atoms with Crippen LogP contribution in [0.15, 0.2) is 48.5 Å². The molecule has 2 rings (SSSR count). The Labute approximate surface area is 136 Å². The van der Waals surface area contributed by atoms with Crippen molar-refractivity contribution in [3.8, 4) is 11.8 Å². The predicted octanol–water partition coefficient (Wildman–Crippen LogP) is 3.98. The molecule has 2 aromatic carbocycles. The molecule has 2 aromatic rings. The molecule has 0 saturated carbocycles. The topological polar surface area (TPSA) is 62.1 Å². The van der Waals surface area contributed by atoms with Crippen LogP contribution in [0.2, 0.25) is 0 Å². The van der Waals surface area contributed by atoms with Crippen molar-refractivity contribution in [3.05, 3.63) is 59.7 Å². The Morgan fingerprint density at radius 3 is 2.38 bits per heavy atom. The summed E-state index contributed by atoms with van der Waals surface area (Å²) in [6.07, 6.45) is -5.38. The van der Waals surface area contributed by atoms with E-state index >= 15 is 0 Å². The fraction of sp³-hybridized carbons (Fsp3) is 0.176. The molecule has 4 nitrogen and oxygen atoms in total. The molecule has 0 heterocycles. The molecule has 124 valence electrons. The number of carbonyl (C=O) groups is 1. The number of carbonyl (C=O) groups excluding carboxylic acids is 1. The summed E-state index contributed by atoms with van der Waals surface area (Å²) in [7, 11) is 0. The summed E-state index contributed by atoms with van der Waals surface area (Å²) < 4.78 is 42.8. The van der Waals surface area contributed by atoms with E-state index in [2.05, 4.69) is 5.32 Å². The van der Waals surface area contributed by atoms with E-state index in [0.29, 0.717) is 11.3 Å². The first kappa shape index (κ1) is 17.3. The molecule has 0 unspecified atom stereocenters. The third-order valence-electron chi connectivity index (χ3n) is 3.17. The van der Waals surface area contributed by atoms with Gasteiger partial charge in [0.2, 0.25) is 0 Å². The van der Waals surface area contributed by atoms with E-state index in [9.17, 15) is 18.0 Å². The van der Waals surface area contributed by atoms with Gasteiger partial charge in [-0.25, -0.2) is 0 Å². The van der Waals surface area contributed by atoms with Crippen LogP contribution in [0.3, 0.4) is 0 Å². The van der Waals surface area contributed by atoms with Gasteiger partial charge in [-0.1, -0.05) is 12.1 Å². The monoisotopic (exact) mass is 334 g/mol. The number of nitriles is 1. The number of rotatable bonds is 4. The van der Waals surface area contributed by atoms with Gasteiger partial charge in [-0.15, -0.1) is 0 Å². The van der Waals surface area contributed by atoms with Crippen LogP contribution >= 0.6 is 0 Å². The number of alkyl halides is 3. The van der Waals surface area contributed by atoms with Crippen LogP contribution in [0.25, 0.3) is 0 Å². The largest absolute Gasteiger partial charge is 0.481 e. The van der Waals surface area contributed by atoms with Crippen molar-refractivity contribution in [2.75, 3.05) is 5.32 Å². The van der Waals surface area contributed by atoms with Gasteiger partial charge in [-0.3, -0.25) is 4.79 Å². The highest BCUT2D eigenvalue weighted by Gasteiger charge is 2.30. The molecular formula is C17H13F3N2O2. The van der Waals surface area contributed by atoms with Crippen molar-refractivity contribution in [2.45, 2.75) is 19.2 Å². The van der Waals surface area contributed by atoms with Crippen LogP contribution in [0.1, 0.15) is 18.1 Å². The van der Waals surface area contributed by atoms with Crippen LogP contribution in [0.4, 0.5) is 18.9 Å². The number of hydrogen-bond donors (Lipinski definition) is 1. The summed E-state index contributed by atoms with van der Waals surface area (Å²) in [5.74, 6) is -0.378. The molecule has 0 spiro atoms. The number of hydrogen-bond acceptors (Lipinski definition) is 3. The minimum atomic E-state index is -4.43. The zero-order valence-corrected chi connectivity index (χ0v) is 12.6. The molecule has 0 aliphatic carbocycles. The Balaban J connectivity index is 2.03. The van der Waals surface area contributed by atoms with Gasteiger partial charge < -0.3 is 10.1 Å². The summed E-state index contributed by atoms with van der Waals surface area (Å²) in [5, 5.41) is 11.5. The van der Waals surface area contributed by atoms with E-state index in [1.54, 1.807) is 24.3 Å². The lowest BCUT2D eigenvalue weighted by Gasteiger charge is -2.16. The number of halogens is 3. The van der Waals surface area contributed by atoms with Crippen LogP contribution in [-0.4, -0.2) is 12.0 Å². The molecule has 0 radical (unpaired) electrons. The SMILES string of the molecule is C[C@@H](Oc1ccc(C(F)(F)F)cc1)C(=O)Nc1ccccc1C#N. The van der Waals surface area contributed by atoms with Gasteiger partial charge in [0.15, 0.2) is 6.10 Å². The van der Waals surface area contributed by atoms with Gasteiger partial charge in [-0.2, -0.15) is 18.4 Å². The molecule has 0 fully saturated rings. The number of amides is 1. The van der Waals surface area contributed by atoms with Crippen molar-refractivity contribution < 1.29 is 22.7 Å². The molecule has 0 aliphatic rings. The maximum Gasteiger partial charge on any atom is 0.416 e. The number of benzene rings is 2. The first-order chi connectivity index (χ1) is 11.3. The maximum atomic E-state index is 12.5. The molecule has 1 N–H and O–H groups in total. The third kappa shape index (κ3) is 4.26. The maximum absolute atomic E-state index is 12.5. The zero-order valence-electron chi connectivity index (χ0n) is 12.6. The number of anilines is 1. The molecule has 0 saturated heterocycles. The van der Waals surface area contributed by atoms with Gasteiger partial charge in [0.1, 0.15) is 11.8 Å². The van der Waals surface area contributed by atoms with Crippen molar-refractivity contribution >= 4 is 11.6 Å². The van der Waals surface area contributed by atoms with Gasteiger partial charge >= 0.3 is 6.18 Å². The lowest BCUT2D eigenvalue weighted by Crippen LogP contribution is -2.30. The average Bonchev–Trinajstić information content (AvgIpc) is 2.55. The first-order valence-corrected chi connectivity index (χ1v) is 6.95. The number of nitrogens with one attached hydrogen (secondary N) is 1. The Morgan fingerprint density at radius 2 is 1.79 bits per heavy atom. The van der Waals surface area contributed by atoms with E-state index in [0.717, 1.165) is 24.3 Å². The summed E-state index contributed by atoms with van der Waals surface area (Å²) >= 11 is 0. The fourth-order valence-electron chi connectivity index (χ4n) is 1.90. The summed E-state index contributed by atoms with van der Waals surface area (Å²) in [4.78, 5) is 12.1. The Hall–Kier alpha value is -3.01. The highest BCUT2D eigenvalue weighted by atomic mass is 19.4. The van der Waals surface area contributed by atoms with Crippen molar-refractivity contribution in [2.24, 2.45) is 0 Å². The minimum absolute atomic E-state index is 0.138. The lowest BCUT2D eigenvalue weighted by molar-refractivity contribution is -0.137. The number of para-hydroxylation sites is 1. The van der Waals surface area contributed by atoms with E-state index < -0.39 is 23.8 Å². The molecule has 0 aliphatic heterocycles. The summed E-state index contributed by atoms with van der Waals surface area (Å²) in [6, 6.07) is 12.5. The molecule has 1 amide bonds. The quantitative estimate of drug-likeness (QED) is 0.920. The molecule has 0 bridgehead atoms. The van der Waals surface area contributed by atoms with E-state index in [1.165, 1.54) is 6.92 Å². The average molecular weight is 334 g/mol. The summed E-state index contributed by atoms with van der Waals surface area (Å²) in [6.45, 7) is 1.46. The summed E-state index contributed by atoms with van der Waals surface area (Å²) in [5.41, 5.74) is -0.157. The second-order valence-electron chi connectivity index (χ2n) is 4.93. The third-order valence-corrected chi connectivity index (χ3v) is 3.17. The van der Waals surface area contributed by atoms with Gasteiger partial charge in [0, 0.05) is 0 Å². The number of nitrogens with zero attached hydrogens (tertiary/aromatic N) is 1. The lowest BCUT2D eigenvalue weighted by atomic mass is 10.2. The van der Waals surface area contributed by atoms with Crippen LogP contribution < -0.4 is 10.1 Å². The van der Waals surface area contributed by atoms with Gasteiger partial charge in [0.25, 0.3) is 5.91 Å². The first-order valence-electron chi connectivity index (χ1n) is 6.95. The van der Waals surface area contributed by atoms with E-state index in [1.807, 2.05) is 6.07 Å². The van der Waals surface area contributed by atoms with Crippen LogP contribution in [0.5, 0.6) is 5.75 Å². The van der Waals surface area contributed by atoms with E-state index in [-0.39, 0.29) is 5.75 Å². The van der Waals surface area contributed by atoms with E-state index in [4.69, 9.17) is 10.00 Å². The molecular weight excluding hydrogens is 321 g/mol. The van der Waals surface area contributed by atoms with Crippen LogP contribution in [0, 0.1) is 11.3 Å². The molecule has 0 aromatic heterocycles. The highest BCUT2D eigenvalue weighted by molar-refractivity contribution is 5.95. The Bertz CT molecular complexity index is 765. The molecule has 7 heteroatoms. The van der Waals surface area contributed by atoms with Crippen LogP contribution in [-0.2, 0) is 11.0 Å². The van der Waals surface area contributed by atoms with Crippen molar-refractivity contribution in [1.29, 1.82) is 5.26 Å². The van der Waals surface area contributed by atoms with Crippen molar-refractivity contribution in [1.82, 2.24) is 0 Å². The van der Waals surface area contributed by atoms with Gasteiger partial charge in [0.05, 0.1) is 16.8 Å². The second kappa shape index (κ2) is 7.04. The Kier molecular flexibility index (Phi) is 5.09. The number of ether oxygens (including phenoxy) is 1. The van der Waals surface area contributed by atoms with Crippen molar-refractivity contribution in [3.63, 3.8) is 0 Å². The molecule has 24 heavy (non-hydrogen) atoms. The zero-order chi connectivity index (χ0) is 17.7. The Morgan fingerprint density at radius 1 is 1.17 bits per heavy atom. The standard InChI is InChI=1S/C17H13F3N2O2/c1-11(16(23)22-15-5-3-2-4-12(15)10-21)24-14-8-6-13(7-9-14)17(18,19)20/h2-9,11H,1H3,(H,22,23)/t11-/m1/s1. The predicted molar refractivity (Wildman–Crippen MR) is 81.3 cm³/mol. The highest BCUT2D eigenvalue weighted by Crippen LogP contribution is 2.30. The second-order valence-corrected chi connectivity index (χ2v) is 4.93.